The Labute approximate surface area is 166 Å². The Balaban J connectivity index is 1.94. The second-order valence-electron chi connectivity index (χ2n) is 6.71. The number of imidazole rings is 1. The number of ether oxygens (including phenoxy) is 1. The van der Waals surface area contributed by atoms with Crippen LogP contribution in [0.5, 0.6) is 0 Å². The van der Waals surface area contributed by atoms with Crippen LogP contribution >= 0.6 is 11.8 Å². The maximum absolute atomic E-state index is 12.1. The number of hydrogen-bond donors (Lipinski definition) is 5. The van der Waals surface area contributed by atoms with Crippen molar-refractivity contribution in [1.82, 2.24) is 24.8 Å². The summed E-state index contributed by atoms with van der Waals surface area (Å²) in [6, 6.07) is 0. The van der Waals surface area contributed by atoms with Gasteiger partial charge >= 0.3 is 0 Å². The van der Waals surface area contributed by atoms with E-state index in [1.165, 1.54) is 0 Å². The number of nitrogens with zero attached hydrogens (tertiary/aromatic N) is 3. The molecule has 2 aromatic rings. The van der Waals surface area contributed by atoms with Crippen LogP contribution in [0.25, 0.3) is 11.2 Å². The molecular weight excluding hydrogens is 386 g/mol. The van der Waals surface area contributed by atoms with Crippen molar-refractivity contribution in [1.29, 1.82) is 0 Å². The molecule has 0 saturated heterocycles. The molecule has 1 amide bonds. The fourth-order valence-electron chi connectivity index (χ4n) is 2.64. The third-order valence-corrected chi connectivity index (χ3v) is 4.97. The van der Waals surface area contributed by atoms with Crippen molar-refractivity contribution in [3.05, 3.63) is 10.4 Å². The molecule has 0 aliphatic heterocycles. The van der Waals surface area contributed by atoms with E-state index >= 15 is 0 Å². The summed E-state index contributed by atoms with van der Waals surface area (Å²) in [6.07, 6.45) is 1.52. The first-order valence-electron chi connectivity index (χ1n) is 8.88. The third-order valence-electron chi connectivity index (χ3n) is 4.00. The maximum atomic E-state index is 12.1. The lowest BCUT2D eigenvalue weighted by molar-refractivity contribution is -0.118. The number of thioether (sulfide) groups is 1. The largest absolute Gasteiger partial charge is 0.395 e. The van der Waals surface area contributed by atoms with E-state index in [0.717, 1.165) is 24.6 Å². The van der Waals surface area contributed by atoms with Crippen LogP contribution in [0.2, 0.25) is 0 Å². The smallest absolute Gasteiger partial charge is 0.280 e. The molecule has 2 heterocycles. The van der Waals surface area contributed by atoms with Crippen molar-refractivity contribution in [3.63, 3.8) is 0 Å². The molecule has 0 aliphatic carbocycles. The number of H-pyrrole nitrogens is 1. The molecule has 0 unspecified atom stereocenters. The molecule has 0 saturated carbocycles. The first kappa shape index (κ1) is 22.1. The van der Waals surface area contributed by atoms with Crippen LogP contribution in [0.1, 0.15) is 26.7 Å². The number of aromatic nitrogens is 4. The standard InChI is InChI=1S/C16H27N7O4S/c1-16(2,27-9-17)4-3-5-19-10(25)8-28-15-20-11-12(23(15)6-7-24)21-14(18)22-13(11)26/h24H,3-9,17H2,1-2H3,(H,19,25)(H3,18,21,22,26). The van der Waals surface area contributed by atoms with Crippen LogP contribution in [-0.4, -0.2) is 61.8 Å². The van der Waals surface area contributed by atoms with E-state index < -0.39 is 5.56 Å². The SMILES string of the molecule is CC(C)(CCCNC(=O)CSc1nc2c(=O)[nH]c(N)nc2n1CCO)OCN. The highest BCUT2D eigenvalue weighted by atomic mass is 32.2. The second kappa shape index (κ2) is 9.87. The van der Waals surface area contributed by atoms with Gasteiger partial charge in [0.25, 0.3) is 5.56 Å². The Hall–Kier alpha value is -2.15. The van der Waals surface area contributed by atoms with Crippen molar-refractivity contribution in [2.45, 2.75) is 44.0 Å². The molecule has 0 spiro atoms. The van der Waals surface area contributed by atoms with E-state index in [4.69, 9.17) is 16.2 Å². The number of nitrogen functional groups attached to an aromatic ring is 1. The first-order chi connectivity index (χ1) is 13.3. The van der Waals surface area contributed by atoms with E-state index in [1.54, 1.807) is 4.57 Å². The molecule has 7 N–H and O–H groups in total. The summed E-state index contributed by atoms with van der Waals surface area (Å²) in [5.41, 5.74) is 10.6. The predicted octanol–water partition coefficient (Wildman–Crippen LogP) is -0.606. The Kier molecular flexibility index (Phi) is 7.80. The summed E-state index contributed by atoms with van der Waals surface area (Å²) >= 11 is 1.16. The Morgan fingerprint density at radius 2 is 2.18 bits per heavy atom. The van der Waals surface area contributed by atoms with Crippen LogP contribution in [0, 0.1) is 0 Å². The number of carbonyl (C=O) groups excluding carboxylic acids is 1. The van der Waals surface area contributed by atoms with E-state index in [9.17, 15) is 14.7 Å². The Morgan fingerprint density at radius 1 is 1.43 bits per heavy atom. The lowest BCUT2D eigenvalue weighted by atomic mass is 10.0. The lowest BCUT2D eigenvalue weighted by Crippen LogP contribution is -2.31. The fraction of sp³-hybridized carbons (Fsp3) is 0.625. The second-order valence-corrected chi connectivity index (χ2v) is 7.65. The van der Waals surface area contributed by atoms with E-state index in [2.05, 4.69) is 20.3 Å². The number of aliphatic hydroxyl groups excluding tert-OH is 1. The molecule has 0 aliphatic rings. The predicted molar refractivity (Wildman–Crippen MR) is 107 cm³/mol. The highest BCUT2D eigenvalue weighted by Gasteiger charge is 2.18. The number of amides is 1. The van der Waals surface area contributed by atoms with Gasteiger partial charge in [-0.2, -0.15) is 4.98 Å². The van der Waals surface area contributed by atoms with E-state index in [1.807, 2.05) is 13.8 Å². The van der Waals surface area contributed by atoms with Gasteiger partial charge in [-0.1, -0.05) is 11.8 Å². The number of nitrogens with two attached hydrogens (primary N) is 2. The minimum absolute atomic E-state index is 0.0348. The minimum Gasteiger partial charge on any atom is -0.395 e. The molecule has 28 heavy (non-hydrogen) atoms. The molecule has 0 radical (unpaired) electrons. The minimum atomic E-state index is -0.465. The number of nitrogens with one attached hydrogen (secondary N) is 2. The molecule has 0 fully saturated rings. The highest BCUT2D eigenvalue weighted by molar-refractivity contribution is 7.99. The van der Waals surface area contributed by atoms with Gasteiger partial charge in [0.05, 0.1) is 24.7 Å². The summed E-state index contributed by atoms with van der Waals surface area (Å²) in [7, 11) is 0. The van der Waals surface area contributed by atoms with Gasteiger partial charge in [0.1, 0.15) is 0 Å². The summed E-state index contributed by atoms with van der Waals surface area (Å²) in [6.45, 7) is 4.60. The van der Waals surface area contributed by atoms with Gasteiger partial charge in [-0.25, -0.2) is 4.98 Å². The van der Waals surface area contributed by atoms with Crippen molar-refractivity contribution in [2.75, 3.05) is 31.4 Å². The van der Waals surface area contributed by atoms with Crippen molar-refractivity contribution in [3.8, 4) is 0 Å². The quantitative estimate of drug-likeness (QED) is 0.183. The van der Waals surface area contributed by atoms with Gasteiger partial charge in [0.2, 0.25) is 11.9 Å². The topological polar surface area (TPSA) is 174 Å². The number of rotatable bonds is 11. The van der Waals surface area contributed by atoms with Crippen LogP contribution in [-0.2, 0) is 16.1 Å². The molecular formula is C16H27N7O4S. The summed E-state index contributed by atoms with van der Waals surface area (Å²) in [5.74, 6) is -0.0795. The van der Waals surface area contributed by atoms with E-state index in [0.29, 0.717) is 11.7 Å². The Bertz CT molecular complexity index is 865. The zero-order valence-electron chi connectivity index (χ0n) is 16.0. The van der Waals surface area contributed by atoms with Crippen LogP contribution < -0.4 is 22.3 Å². The third kappa shape index (κ3) is 5.92. The first-order valence-corrected chi connectivity index (χ1v) is 9.86. The number of aliphatic hydroxyl groups is 1. The van der Waals surface area contributed by atoms with Gasteiger partial charge in [0, 0.05) is 13.1 Å². The average molecular weight is 414 g/mol. The average Bonchev–Trinajstić information content (AvgIpc) is 2.95. The van der Waals surface area contributed by atoms with Crippen LogP contribution in [0.15, 0.2) is 9.95 Å². The van der Waals surface area contributed by atoms with Crippen molar-refractivity contribution < 1.29 is 14.6 Å². The summed E-state index contributed by atoms with van der Waals surface area (Å²) < 4.78 is 6.99. The number of carbonyl (C=O) groups is 1. The van der Waals surface area contributed by atoms with Gasteiger partial charge in [-0.3, -0.25) is 14.6 Å². The molecule has 2 aromatic heterocycles. The number of anilines is 1. The monoisotopic (exact) mass is 413 g/mol. The molecule has 156 valence electrons. The fourth-order valence-corrected chi connectivity index (χ4v) is 3.49. The molecule has 12 heteroatoms. The van der Waals surface area contributed by atoms with E-state index in [-0.39, 0.29) is 54.3 Å². The number of fused-ring (bicyclic) bond motifs is 1. The summed E-state index contributed by atoms with van der Waals surface area (Å²) in [5, 5.41) is 12.5. The van der Waals surface area contributed by atoms with Gasteiger partial charge in [-0.05, 0) is 26.7 Å². The number of hydrogen-bond acceptors (Lipinski definition) is 9. The zero-order chi connectivity index (χ0) is 20.7. The van der Waals surface area contributed by atoms with Crippen molar-refractivity contribution in [2.24, 2.45) is 5.73 Å². The van der Waals surface area contributed by atoms with Crippen LogP contribution in [0.3, 0.4) is 0 Å². The van der Waals surface area contributed by atoms with Crippen LogP contribution in [0.4, 0.5) is 5.95 Å². The van der Waals surface area contributed by atoms with Gasteiger partial charge < -0.3 is 31.2 Å². The van der Waals surface area contributed by atoms with Crippen molar-refractivity contribution >= 4 is 34.8 Å². The lowest BCUT2D eigenvalue weighted by Gasteiger charge is -2.24. The van der Waals surface area contributed by atoms with Gasteiger partial charge in [-0.15, -0.1) is 0 Å². The molecule has 2 rings (SSSR count). The highest BCUT2D eigenvalue weighted by Crippen LogP contribution is 2.21. The molecule has 11 nitrogen and oxygen atoms in total. The number of aromatic amines is 1. The van der Waals surface area contributed by atoms with Gasteiger partial charge in [0.15, 0.2) is 16.3 Å². The maximum Gasteiger partial charge on any atom is 0.280 e. The molecule has 0 atom stereocenters. The molecule has 0 bridgehead atoms. The molecule has 0 aromatic carbocycles. The normalized spacial score (nSPS) is 11.9. The summed E-state index contributed by atoms with van der Waals surface area (Å²) in [4.78, 5) is 34.8. The zero-order valence-corrected chi connectivity index (χ0v) is 16.8. The Morgan fingerprint density at radius 3 is 2.86 bits per heavy atom.